The zero-order valence-corrected chi connectivity index (χ0v) is 12.5. The lowest BCUT2D eigenvalue weighted by Crippen LogP contribution is -2.26. The Morgan fingerprint density at radius 2 is 1.86 bits per heavy atom. The van der Waals surface area contributed by atoms with Crippen molar-refractivity contribution in [2.24, 2.45) is 0 Å². The van der Waals surface area contributed by atoms with E-state index in [-0.39, 0.29) is 6.61 Å². The van der Waals surface area contributed by atoms with Gasteiger partial charge in [0.2, 0.25) is 0 Å². The van der Waals surface area contributed by atoms with Crippen LogP contribution in [-0.4, -0.2) is 31.5 Å². The molecule has 0 aliphatic rings. The summed E-state index contributed by atoms with van der Waals surface area (Å²) in [4.78, 5) is 0. The Bertz CT molecular complexity index is 560. The number of hydrogen-bond donors (Lipinski definition) is 2. The summed E-state index contributed by atoms with van der Waals surface area (Å²) in [5.74, 6) is 1.37. The predicted octanol–water partition coefficient (Wildman–Crippen LogP) is 3.20. The fourth-order valence-electron chi connectivity index (χ4n) is 1.75. The molecular formula is C16H18ClNO3. The Kier molecular flexibility index (Phi) is 5.72. The SMILES string of the molecule is COc1ccc(NCC(O)COc2ccccc2Cl)cc1. The van der Waals surface area contributed by atoms with Crippen molar-refractivity contribution in [1.82, 2.24) is 0 Å². The van der Waals surface area contributed by atoms with E-state index in [9.17, 15) is 5.11 Å². The minimum Gasteiger partial charge on any atom is -0.497 e. The Morgan fingerprint density at radius 1 is 1.14 bits per heavy atom. The minimum absolute atomic E-state index is 0.174. The van der Waals surface area contributed by atoms with Gasteiger partial charge in [0.15, 0.2) is 0 Å². The molecule has 0 saturated heterocycles. The Balaban J connectivity index is 1.76. The minimum atomic E-state index is -0.636. The third-order valence-corrected chi connectivity index (χ3v) is 3.21. The van der Waals surface area contributed by atoms with Crippen LogP contribution in [0.3, 0.4) is 0 Å². The molecule has 2 aromatic carbocycles. The number of rotatable bonds is 7. The molecule has 0 heterocycles. The molecule has 0 bridgehead atoms. The van der Waals surface area contributed by atoms with Gasteiger partial charge in [-0.25, -0.2) is 0 Å². The monoisotopic (exact) mass is 307 g/mol. The van der Waals surface area contributed by atoms with Gasteiger partial charge in [-0.3, -0.25) is 0 Å². The highest BCUT2D eigenvalue weighted by Crippen LogP contribution is 2.23. The molecule has 1 atom stereocenters. The van der Waals surface area contributed by atoms with Gasteiger partial charge in [-0.1, -0.05) is 23.7 Å². The van der Waals surface area contributed by atoms with E-state index < -0.39 is 6.10 Å². The first-order valence-electron chi connectivity index (χ1n) is 6.62. The molecular weight excluding hydrogens is 290 g/mol. The largest absolute Gasteiger partial charge is 0.497 e. The molecule has 4 nitrogen and oxygen atoms in total. The van der Waals surface area contributed by atoms with Crippen LogP contribution in [0.1, 0.15) is 0 Å². The number of para-hydroxylation sites is 1. The van der Waals surface area contributed by atoms with E-state index in [4.69, 9.17) is 21.1 Å². The zero-order valence-electron chi connectivity index (χ0n) is 11.8. The number of aliphatic hydroxyl groups excluding tert-OH is 1. The van der Waals surface area contributed by atoms with Crippen molar-refractivity contribution in [2.45, 2.75) is 6.10 Å². The number of hydrogen-bond acceptors (Lipinski definition) is 4. The number of methoxy groups -OCH3 is 1. The van der Waals surface area contributed by atoms with Crippen LogP contribution >= 0.6 is 11.6 Å². The van der Waals surface area contributed by atoms with Crippen molar-refractivity contribution < 1.29 is 14.6 Å². The van der Waals surface area contributed by atoms with Crippen molar-refractivity contribution in [3.63, 3.8) is 0 Å². The first kappa shape index (κ1) is 15.5. The van der Waals surface area contributed by atoms with Crippen LogP contribution in [0.15, 0.2) is 48.5 Å². The highest BCUT2D eigenvalue weighted by Gasteiger charge is 2.07. The molecule has 5 heteroatoms. The number of halogens is 1. The molecule has 0 fully saturated rings. The highest BCUT2D eigenvalue weighted by molar-refractivity contribution is 6.32. The molecule has 1 unspecified atom stereocenters. The highest BCUT2D eigenvalue weighted by atomic mass is 35.5. The fraction of sp³-hybridized carbons (Fsp3) is 0.250. The number of aliphatic hydroxyl groups is 1. The van der Waals surface area contributed by atoms with Crippen LogP contribution in [0.5, 0.6) is 11.5 Å². The molecule has 112 valence electrons. The van der Waals surface area contributed by atoms with Crippen LogP contribution in [0.4, 0.5) is 5.69 Å². The van der Waals surface area contributed by atoms with Crippen LogP contribution < -0.4 is 14.8 Å². The molecule has 21 heavy (non-hydrogen) atoms. The van der Waals surface area contributed by atoms with Gasteiger partial charge in [-0.15, -0.1) is 0 Å². The number of anilines is 1. The molecule has 0 spiro atoms. The molecule has 0 aromatic heterocycles. The second kappa shape index (κ2) is 7.76. The summed E-state index contributed by atoms with van der Waals surface area (Å²) >= 11 is 5.98. The predicted molar refractivity (Wildman–Crippen MR) is 84.4 cm³/mol. The topological polar surface area (TPSA) is 50.7 Å². The maximum absolute atomic E-state index is 9.91. The van der Waals surface area contributed by atoms with Crippen LogP contribution in [0, 0.1) is 0 Å². The van der Waals surface area contributed by atoms with E-state index in [1.54, 1.807) is 19.2 Å². The molecule has 2 N–H and O–H groups in total. The van der Waals surface area contributed by atoms with Crippen LogP contribution in [0.2, 0.25) is 5.02 Å². The average molecular weight is 308 g/mol. The van der Waals surface area contributed by atoms with Gasteiger partial charge in [0.25, 0.3) is 0 Å². The van der Waals surface area contributed by atoms with E-state index in [0.29, 0.717) is 17.3 Å². The lowest BCUT2D eigenvalue weighted by atomic mass is 10.3. The second-order valence-corrected chi connectivity index (χ2v) is 4.91. The van der Waals surface area contributed by atoms with E-state index in [0.717, 1.165) is 11.4 Å². The van der Waals surface area contributed by atoms with Crippen LogP contribution in [-0.2, 0) is 0 Å². The summed E-state index contributed by atoms with van der Waals surface area (Å²) in [6.45, 7) is 0.559. The van der Waals surface area contributed by atoms with Crippen molar-refractivity contribution in [3.05, 3.63) is 53.6 Å². The summed E-state index contributed by atoms with van der Waals surface area (Å²) in [5, 5.41) is 13.6. The van der Waals surface area contributed by atoms with Gasteiger partial charge in [0.05, 0.1) is 12.1 Å². The Morgan fingerprint density at radius 3 is 2.52 bits per heavy atom. The van der Waals surface area contributed by atoms with Crippen molar-refractivity contribution in [3.8, 4) is 11.5 Å². The maximum atomic E-state index is 9.91. The van der Waals surface area contributed by atoms with Crippen molar-refractivity contribution in [1.29, 1.82) is 0 Å². The van der Waals surface area contributed by atoms with E-state index in [2.05, 4.69) is 5.32 Å². The first-order chi connectivity index (χ1) is 10.2. The standard InChI is InChI=1S/C16H18ClNO3/c1-20-14-8-6-12(7-9-14)18-10-13(19)11-21-16-5-3-2-4-15(16)17/h2-9,13,18-19H,10-11H2,1H3. The zero-order chi connectivity index (χ0) is 15.1. The maximum Gasteiger partial charge on any atom is 0.138 e. The van der Waals surface area contributed by atoms with Gasteiger partial charge < -0.3 is 19.9 Å². The van der Waals surface area contributed by atoms with E-state index in [1.807, 2.05) is 36.4 Å². The summed E-state index contributed by atoms with van der Waals surface area (Å²) < 4.78 is 10.6. The third-order valence-electron chi connectivity index (χ3n) is 2.90. The first-order valence-corrected chi connectivity index (χ1v) is 7.00. The van der Waals surface area contributed by atoms with E-state index in [1.165, 1.54) is 0 Å². The average Bonchev–Trinajstić information content (AvgIpc) is 2.52. The number of nitrogens with one attached hydrogen (secondary N) is 1. The molecule has 0 aliphatic heterocycles. The van der Waals surface area contributed by atoms with Gasteiger partial charge >= 0.3 is 0 Å². The van der Waals surface area contributed by atoms with E-state index >= 15 is 0 Å². The number of benzene rings is 2. The Labute approximate surface area is 129 Å². The van der Waals surface area contributed by atoms with Crippen molar-refractivity contribution >= 4 is 17.3 Å². The van der Waals surface area contributed by atoms with Gasteiger partial charge in [0.1, 0.15) is 24.2 Å². The summed E-state index contributed by atoms with van der Waals surface area (Å²) in [5.41, 5.74) is 0.910. The summed E-state index contributed by atoms with van der Waals surface area (Å²) in [6, 6.07) is 14.7. The molecule has 0 aliphatic carbocycles. The smallest absolute Gasteiger partial charge is 0.138 e. The molecule has 0 saturated carbocycles. The number of ether oxygens (including phenoxy) is 2. The van der Waals surface area contributed by atoms with Gasteiger partial charge in [-0.2, -0.15) is 0 Å². The second-order valence-electron chi connectivity index (χ2n) is 4.50. The Hall–Kier alpha value is -1.91. The van der Waals surface area contributed by atoms with Crippen molar-refractivity contribution in [2.75, 3.05) is 25.6 Å². The normalized spacial score (nSPS) is 11.8. The summed E-state index contributed by atoms with van der Waals surface area (Å²) in [6.07, 6.45) is -0.636. The third kappa shape index (κ3) is 4.85. The molecule has 0 amide bonds. The lowest BCUT2D eigenvalue weighted by molar-refractivity contribution is 0.117. The van der Waals surface area contributed by atoms with Crippen LogP contribution in [0.25, 0.3) is 0 Å². The molecule has 2 rings (SSSR count). The molecule has 2 aromatic rings. The molecule has 0 radical (unpaired) electrons. The fourth-order valence-corrected chi connectivity index (χ4v) is 1.94. The lowest BCUT2D eigenvalue weighted by Gasteiger charge is -2.14. The quantitative estimate of drug-likeness (QED) is 0.825. The summed E-state index contributed by atoms with van der Waals surface area (Å²) in [7, 11) is 1.62. The van der Waals surface area contributed by atoms with Gasteiger partial charge in [-0.05, 0) is 36.4 Å². The van der Waals surface area contributed by atoms with Gasteiger partial charge in [0, 0.05) is 12.2 Å².